The second-order valence-corrected chi connectivity index (χ2v) is 6.63. The first-order valence-corrected chi connectivity index (χ1v) is 7.73. The van der Waals surface area contributed by atoms with Crippen molar-refractivity contribution >= 4 is 23.3 Å². The minimum atomic E-state index is -0.552. The fourth-order valence-electron chi connectivity index (χ4n) is 2.77. The average Bonchev–Trinajstić information content (AvgIpc) is 2.48. The van der Waals surface area contributed by atoms with Gasteiger partial charge in [-0.05, 0) is 26.0 Å². The lowest BCUT2D eigenvalue weighted by Gasteiger charge is -2.38. The molecule has 0 bridgehead atoms. The molecule has 1 unspecified atom stereocenters. The molecule has 0 fully saturated rings. The van der Waals surface area contributed by atoms with Crippen LogP contribution < -0.4 is 15.8 Å². The van der Waals surface area contributed by atoms with Crippen LogP contribution in [0.2, 0.25) is 5.02 Å². The highest BCUT2D eigenvalue weighted by molar-refractivity contribution is 6.33. The quantitative estimate of drug-likeness (QED) is 0.901. The van der Waals surface area contributed by atoms with Crippen LogP contribution in [0.5, 0.6) is 5.75 Å². The van der Waals surface area contributed by atoms with Crippen molar-refractivity contribution in [2.75, 3.05) is 5.32 Å². The van der Waals surface area contributed by atoms with Crippen LogP contribution in [0.3, 0.4) is 0 Å². The minimum absolute atomic E-state index is 0.0133. The number of nitrogens with zero attached hydrogens (tertiary/aromatic N) is 1. The van der Waals surface area contributed by atoms with Crippen molar-refractivity contribution in [2.24, 2.45) is 5.73 Å². The molecule has 0 spiro atoms. The predicted molar refractivity (Wildman–Crippen MR) is 89.9 cm³/mol. The monoisotopic (exact) mass is 331 g/mol. The third-order valence-corrected chi connectivity index (χ3v) is 4.10. The number of aromatic nitrogens is 1. The van der Waals surface area contributed by atoms with Crippen molar-refractivity contribution in [1.29, 1.82) is 0 Å². The number of primary amides is 1. The van der Waals surface area contributed by atoms with E-state index in [1.807, 2.05) is 38.1 Å². The summed E-state index contributed by atoms with van der Waals surface area (Å²) in [6.07, 6.45) is 2.19. The van der Waals surface area contributed by atoms with Gasteiger partial charge in [0.25, 0.3) is 0 Å². The molecular weight excluding hydrogens is 314 g/mol. The van der Waals surface area contributed by atoms with Gasteiger partial charge in [-0.15, -0.1) is 0 Å². The number of para-hydroxylation sites is 1. The van der Waals surface area contributed by atoms with E-state index in [4.69, 9.17) is 22.1 Å². The van der Waals surface area contributed by atoms with Gasteiger partial charge in [-0.2, -0.15) is 0 Å². The topological polar surface area (TPSA) is 77.2 Å². The Balaban J connectivity index is 1.92. The van der Waals surface area contributed by atoms with Gasteiger partial charge in [0.05, 0.1) is 16.6 Å². The summed E-state index contributed by atoms with van der Waals surface area (Å²) >= 11 is 6.23. The molecule has 0 aliphatic carbocycles. The number of anilines is 1. The molecule has 0 saturated heterocycles. The summed E-state index contributed by atoms with van der Waals surface area (Å²) in [6.45, 7) is 4.09. The van der Waals surface area contributed by atoms with Crippen molar-refractivity contribution in [3.63, 3.8) is 0 Å². The fourth-order valence-corrected chi connectivity index (χ4v) is 3.00. The second kappa shape index (κ2) is 5.74. The number of hydrogen-bond acceptors (Lipinski definition) is 4. The summed E-state index contributed by atoms with van der Waals surface area (Å²) in [7, 11) is 0. The van der Waals surface area contributed by atoms with E-state index in [-0.39, 0.29) is 17.2 Å². The summed E-state index contributed by atoms with van der Waals surface area (Å²) in [5.41, 5.74) is 6.29. The maximum absolute atomic E-state index is 11.2. The molecular formula is C17H18ClN3O2. The van der Waals surface area contributed by atoms with Crippen LogP contribution in [-0.4, -0.2) is 16.5 Å². The highest BCUT2D eigenvalue weighted by Crippen LogP contribution is 2.41. The molecule has 120 valence electrons. The Kier molecular flexibility index (Phi) is 3.90. The number of carbonyl (C=O) groups excluding carboxylic acids is 1. The number of halogens is 1. The number of carbonyl (C=O) groups is 1. The summed E-state index contributed by atoms with van der Waals surface area (Å²) in [6, 6.07) is 9.43. The Bertz CT molecular complexity index is 761. The number of hydrogen-bond donors (Lipinski definition) is 2. The lowest BCUT2D eigenvalue weighted by molar-refractivity contribution is 0.0758. The van der Waals surface area contributed by atoms with Crippen LogP contribution in [-0.2, 0) is 0 Å². The molecule has 1 amide bonds. The molecule has 2 heterocycles. The molecule has 1 aromatic carbocycles. The smallest absolute Gasteiger partial charge is 0.250 e. The normalized spacial score (nSPS) is 18.7. The van der Waals surface area contributed by atoms with Crippen LogP contribution >= 0.6 is 11.6 Å². The zero-order chi connectivity index (χ0) is 16.6. The standard InChI is InChI=1S/C17H18ClN3O2/c1-17(2)8-13(11-5-3-4-6-14(11)23-17)21-16-12(18)7-10(9-20-16)15(19)22/h3-7,9,13H,8H2,1-2H3,(H2,19,22)(H,20,21). The lowest BCUT2D eigenvalue weighted by atomic mass is 9.89. The first kappa shape index (κ1) is 15.6. The van der Waals surface area contributed by atoms with E-state index in [0.717, 1.165) is 17.7 Å². The number of ether oxygens (including phenoxy) is 1. The predicted octanol–water partition coefficient (Wildman–Crippen LogP) is 3.55. The number of nitrogens with one attached hydrogen (secondary N) is 1. The highest BCUT2D eigenvalue weighted by Gasteiger charge is 2.33. The Morgan fingerprint density at radius 1 is 1.43 bits per heavy atom. The second-order valence-electron chi connectivity index (χ2n) is 6.22. The van der Waals surface area contributed by atoms with Crippen LogP contribution in [0.25, 0.3) is 0 Å². The number of fused-ring (bicyclic) bond motifs is 1. The minimum Gasteiger partial charge on any atom is -0.487 e. The van der Waals surface area contributed by atoms with Gasteiger partial charge in [0.2, 0.25) is 5.91 Å². The molecule has 5 nitrogen and oxygen atoms in total. The zero-order valence-corrected chi connectivity index (χ0v) is 13.7. The Labute approximate surface area is 139 Å². The molecule has 2 aromatic rings. The van der Waals surface area contributed by atoms with E-state index in [1.54, 1.807) is 0 Å². The van der Waals surface area contributed by atoms with E-state index < -0.39 is 5.91 Å². The number of nitrogens with two attached hydrogens (primary N) is 1. The van der Waals surface area contributed by atoms with Crippen LogP contribution in [0.1, 0.15) is 42.2 Å². The number of rotatable bonds is 3. The third-order valence-electron chi connectivity index (χ3n) is 3.81. The van der Waals surface area contributed by atoms with E-state index in [9.17, 15) is 4.79 Å². The van der Waals surface area contributed by atoms with Gasteiger partial charge in [0.15, 0.2) is 0 Å². The maximum Gasteiger partial charge on any atom is 0.250 e. The molecule has 1 aliphatic rings. The fraction of sp³-hybridized carbons (Fsp3) is 0.294. The Morgan fingerprint density at radius 3 is 2.87 bits per heavy atom. The SMILES string of the molecule is CC1(C)CC(Nc2ncc(C(N)=O)cc2Cl)c2ccccc2O1. The summed E-state index contributed by atoms with van der Waals surface area (Å²) in [5, 5.41) is 3.72. The van der Waals surface area contributed by atoms with Crippen LogP contribution in [0.4, 0.5) is 5.82 Å². The number of amides is 1. The molecule has 6 heteroatoms. The molecule has 0 saturated carbocycles. The molecule has 1 aliphatic heterocycles. The van der Waals surface area contributed by atoms with Crippen LogP contribution in [0, 0.1) is 0 Å². The highest BCUT2D eigenvalue weighted by atomic mass is 35.5. The molecule has 23 heavy (non-hydrogen) atoms. The molecule has 1 aromatic heterocycles. The van der Waals surface area contributed by atoms with E-state index in [2.05, 4.69) is 10.3 Å². The zero-order valence-electron chi connectivity index (χ0n) is 13.0. The lowest BCUT2D eigenvalue weighted by Crippen LogP contribution is -2.37. The molecule has 1 atom stereocenters. The first-order valence-electron chi connectivity index (χ1n) is 7.35. The van der Waals surface area contributed by atoms with Gasteiger partial charge in [-0.25, -0.2) is 4.98 Å². The van der Waals surface area contributed by atoms with Crippen molar-refractivity contribution in [1.82, 2.24) is 4.98 Å². The maximum atomic E-state index is 11.2. The van der Waals surface area contributed by atoms with Gasteiger partial charge in [-0.3, -0.25) is 4.79 Å². The van der Waals surface area contributed by atoms with Crippen molar-refractivity contribution in [2.45, 2.75) is 31.9 Å². The average molecular weight is 332 g/mol. The molecule has 0 radical (unpaired) electrons. The van der Waals surface area contributed by atoms with E-state index >= 15 is 0 Å². The van der Waals surface area contributed by atoms with Gasteiger partial charge in [0.1, 0.15) is 17.2 Å². The van der Waals surface area contributed by atoms with Crippen molar-refractivity contribution < 1.29 is 9.53 Å². The summed E-state index contributed by atoms with van der Waals surface area (Å²) in [4.78, 5) is 15.4. The van der Waals surface area contributed by atoms with E-state index in [1.165, 1.54) is 12.3 Å². The first-order chi connectivity index (χ1) is 10.9. The van der Waals surface area contributed by atoms with Crippen molar-refractivity contribution in [3.05, 3.63) is 52.7 Å². The van der Waals surface area contributed by atoms with Crippen LogP contribution in [0.15, 0.2) is 36.5 Å². The summed E-state index contributed by atoms with van der Waals surface area (Å²) < 4.78 is 6.01. The summed E-state index contributed by atoms with van der Waals surface area (Å²) in [5.74, 6) is 0.823. The van der Waals surface area contributed by atoms with Crippen molar-refractivity contribution in [3.8, 4) is 5.75 Å². The number of pyridine rings is 1. The van der Waals surface area contributed by atoms with Gasteiger partial charge < -0.3 is 15.8 Å². The van der Waals surface area contributed by atoms with E-state index in [0.29, 0.717) is 10.8 Å². The van der Waals surface area contributed by atoms with Gasteiger partial charge >= 0.3 is 0 Å². The Morgan fingerprint density at radius 2 is 2.17 bits per heavy atom. The Hall–Kier alpha value is -2.27. The molecule has 3 N–H and O–H groups in total. The molecule has 3 rings (SSSR count). The van der Waals surface area contributed by atoms with Gasteiger partial charge in [-0.1, -0.05) is 29.8 Å². The third kappa shape index (κ3) is 3.24. The van der Waals surface area contributed by atoms with Gasteiger partial charge in [0, 0.05) is 18.2 Å². The largest absolute Gasteiger partial charge is 0.487 e. The number of benzene rings is 1.